The van der Waals surface area contributed by atoms with Crippen LogP contribution in [0.1, 0.15) is 37.8 Å². The zero-order valence-electron chi connectivity index (χ0n) is 12.3. The van der Waals surface area contributed by atoms with Gasteiger partial charge in [-0.15, -0.1) is 0 Å². The number of aliphatic carboxylic acids is 1. The summed E-state index contributed by atoms with van der Waals surface area (Å²) in [5.74, 6) is -1.98. The molecule has 0 radical (unpaired) electrons. The number of carbonyl (C=O) groups excluding carboxylic acids is 1. The van der Waals surface area contributed by atoms with Gasteiger partial charge in [-0.3, -0.25) is 9.59 Å². The maximum atomic E-state index is 13.8. The van der Waals surface area contributed by atoms with Crippen LogP contribution in [0.15, 0.2) is 24.3 Å². The van der Waals surface area contributed by atoms with Gasteiger partial charge >= 0.3 is 5.97 Å². The third-order valence-corrected chi connectivity index (χ3v) is 4.41. The van der Waals surface area contributed by atoms with Crippen molar-refractivity contribution in [3.05, 3.63) is 35.6 Å². The van der Waals surface area contributed by atoms with Gasteiger partial charge in [-0.1, -0.05) is 18.2 Å². The summed E-state index contributed by atoms with van der Waals surface area (Å²) in [4.78, 5) is 24.9. The average Bonchev–Trinajstić information content (AvgIpc) is 2.95. The monoisotopic (exact) mass is 293 g/mol. The van der Waals surface area contributed by atoms with Crippen LogP contribution >= 0.6 is 0 Å². The molecule has 1 aliphatic rings. The molecule has 1 aromatic rings. The van der Waals surface area contributed by atoms with Crippen LogP contribution in [0.3, 0.4) is 0 Å². The van der Waals surface area contributed by atoms with Gasteiger partial charge in [-0.2, -0.15) is 0 Å². The van der Waals surface area contributed by atoms with Crippen LogP contribution in [0, 0.1) is 17.7 Å². The van der Waals surface area contributed by atoms with Gasteiger partial charge in [-0.25, -0.2) is 4.39 Å². The molecule has 114 valence electrons. The first kappa shape index (κ1) is 15.5. The SMILES string of the molecule is CC(c1ccccc1F)N(C)C(=O)C1CCC(C(=O)O)C1. The van der Waals surface area contributed by atoms with Crippen molar-refractivity contribution in [1.29, 1.82) is 0 Å². The zero-order chi connectivity index (χ0) is 15.6. The number of hydrogen-bond acceptors (Lipinski definition) is 2. The minimum Gasteiger partial charge on any atom is -0.481 e. The fraction of sp³-hybridized carbons (Fsp3) is 0.500. The van der Waals surface area contributed by atoms with Crippen LogP contribution in [-0.2, 0) is 9.59 Å². The van der Waals surface area contributed by atoms with Gasteiger partial charge in [0.15, 0.2) is 0 Å². The highest BCUT2D eigenvalue weighted by molar-refractivity contribution is 5.81. The number of carboxylic acids is 1. The minimum absolute atomic E-state index is 0.102. The number of carboxylic acid groups (broad SMARTS) is 1. The molecule has 0 aromatic heterocycles. The normalized spacial score (nSPS) is 22.8. The summed E-state index contributed by atoms with van der Waals surface area (Å²) in [6.07, 6.45) is 1.50. The lowest BCUT2D eigenvalue weighted by Crippen LogP contribution is -2.34. The Morgan fingerprint density at radius 3 is 2.48 bits per heavy atom. The van der Waals surface area contributed by atoms with E-state index in [2.05, 4.69) is 0 Å². The van der Waals surface area contributed by atoms with Gasteiger partial charge in [0.1, 0.15) is 5.82 Å². The highest BCUT2D eigenvalue weighted by atomic mass is 19.1. The molecule has 4 nitrogen and oxygen atoms in total. The Kier molecular flexibility index (Phi) is 4.60. The first-order valence-corrected chi connectivity index (χ1v) is 7.15. The number of rotatable bonds is 4. The summed E-state index contributed by atoms with van der Waals surface area (Å²) in [6, 6.07) is 6.02. The summed E-state index contributed by atoms with van der Waals surface area (Å²) in [6.45, 7) is 1.78. The molecule has 1 N–H and O–H groups in total. The molecule has 1 aromatic carbocycles. The molecule has 3 atom stereocenters. The molecule has 0 saturated heterocycles. The second kappa shape index (κ2) is 6.24. The molecular formula is C16H20FNO3. The summed E-state index contributed by atoms with van der Waals surface area (Å²) in [7, 11) is 1.65. The highest BCUT2D eigenvalue weighted by Crippen LogP contribution is 2.34. The second-order valence-corrected chi connectivity index (χ2v) is 5.69. The van der Waals surface area contributed by atoms with Crippen LogP contribution in [0.4, 0.5) is 4.39 Å². The number of hydrogen-bond donors (Lipinski definition) is 1. The predicted octanol–water partition coefficient (Wildman–Crippen LogP) is 2.85. The van der Waals surface area contributed by atoms with E-state index in [1.165, 1.54) is 11.0 Å². The van der Waals surface area contributed by atoms with Crippen molar-refractivity contribution < 1.29 is 19.1 Å². The van der Waals surface area contributed by atoms with Gasteiger partial charge in [0.25, 0.3) is 0 Å². The maximum absolute atomic E-state index is 13.8. The Hall–Kier alpha value is -1.91. The topological polar surface area (TPSA) is 57.6 Å². The Morgan fingerprint density at radius 1 is 1.29 bits per heavy atom. The fourth-order valence-corrected chi connectivity index (χ4v) is 2.93. The van der Waals surface area contributed by atoms with Crippen molar-refractivity contribution in [3.8, 4) is 0 Å². The summed E-state index contributed by atoms with van der Waals surface area (Å²) in [5.41, 5.74) is 0.473. The standard InChI is InChI=1S/C16H20FNO3/c1-10(13-5-3-4-6-14(13)17)18(2)15(19)11-7-8-12(9-11)16(20)21/h3-6,10-12H,7-9H2,1-2H3,(H,20,21). The van der Waals surface area contributed by atoms with Crippen molar-refractivity contribution >= 4 is 11.9 Å². The van der Waals surface area contributed by atoms with E-state index in [4.69, 9.17) is 5.11 Å². The minimum atomic E-state index is -0.838. The maximum Gasteiger partial charge on any atom is 0.306 e. The molecule has 5 heteroatoms. The van der Waals surface area contributed by atoms with E-state index in [0.29, 0.717) is 24.8 Å². The van der Waals surface area contributed by atoms with Crippen LogP contribution < -0.4 is 0 Å². The van der Waals surface area contributed by atoms with Crippen molar-refractivity contribution in [2.75, 3.05) is 7.05 Å². The molecule has 3 unspecified atom stereocenters. The second-order valence-electron chi connectivity index (χ2n) is 5.69. The van der Waals surface area contributed by atoms with Crippen LogP contribution in [0.5, 0.6) is 0 Å². The summed E-state index contributed by atoms with van der Waals surface area (Å²) < 4.78 is 13.8. The Labute approximate surface area is 123 Å². The number of halogens is 1. The van der Waals surface area contributed by atoms with Crippen molar-refractivity contribution in [3.63, 3.8) is 0 Å². The van der Waals surface area contributed by atoms with E-state index < -0.39 is 11.9 Å². The number of nitrogens with zero attached hydrogens (tertiary/aromatic N) is 1. The van der Waals surface area contributed by atoms with Crippen molar-refractivity contribution in [2.24, 2.45) is 11.8 Å². The predicted molar refractivity (Wildman–Crippen MR) is 76.1 cm³/mol. The lowest BCUT2D eigenvalue weighted by Gasteiger charge is -2.28. The lowest BCUT2D eigenvalue weighted by atomic mass is 10.0. The third kappa shape index (κ3) is 3.23. The molecule has 1 fully saturated rings. The van der Waals surface area contributed by atoms with Gasteiger partial charge in [-0.05, 0) is 32.3 Å². The lowest BCUT2D eigenvalue weighted by molar-refractivity contribution is -0.141. The number of benzene rings is 1. The summed E-state index contributed by atoms with van der Waals surface area (Å²) >= 11 is 0. The number of carbonyl (C=O) groups is 2. The van der Waals surface area contributed by atoms with Crippen LogP contribution in [0.25, 0.3) is 0 Å². The van der Waals surface area contributed by atoms with Crippen LogP contribution in [0.2, 0.25) is 0 Å². The highest BCUT2D eigenvalue weighted by Gasteiger charge is 2.36. The molecule has 1 aliphatic carbocycles. The van der Waals surface area contributed by atoms with E-state index in [9.17, 15) is 14.0 Å². The van der Waals surface area contributed by atoms with Gasteiger partial charge in [0.2, 0.25) is 5.91 Å². The van der Waals surface area contributed by atoms with E-state index in [-0.39, 0.29) is 23.7 Å². The largest absolute Gasteiger partial charge is 0.481 e. The molecule has 0 heterocycles. The quantitative estimate of drug-likeness (QED) is 0.928. The summed E-state index contributed by atoms with van der Waals surface area (Å²) in [5, 5.41) is 9.00. The van der Waals surface area contributed by atoms with Gasteiger partial charge in [0, 0.05) is 18.5 Å². The first-order valence-electron chi connectivity index (χ1n) is 7.15. The Bertz CT molecular complexity index is 546. The number of amides is 1. The van der Waals surface area contributed by atoms with E-state index >= 15 is 0 Å². The molecule has 2 rings (SSSR count). The Balaban J connectivity index is 2.06. The molecule has 0 spiro atoms. The molecule has 0 bridgehead atoms. The Morgan fingerprint density at radius 2 is 1.90 bits per heavy atom. The van der Waals surface area contributed by atoms with Gasteiger partial charge in [0.05, 0.1) is 12.0 Å². The molecule has 0 aliphatic heterocycles. The fourth-order valence-electron chi connectivity index (χ4n) is 2.93. The van der Waals surface area contributed by atoms with E-state index in [1.807, 2.05) is 0 Å². The van der Waals surface area contributed by atoms with E-state index in [1.54, 1.807) is 32.2 Å². The zero-order valence-corrected chi connectivity index (χ0v) is 12.3. The molecule has 21 heavy (non-hydrogen) atoms. The average molecular weight is 293 g/mol. The van der Waals surface area contributed by atoms with Crippen molar-refractivity contribution in [1.82, 2.24) is 4.90 Å². The van der Waals surface area contributed by atoms with Crippen LogP contribution in [-0.4, -0.2) is 28.9 Å². The third-order valence-electron chi connectivity index (χ3n) is 4.41. The smallest absolute Gasteiger partial charge is 0.306 e. The molecule has 1 amide bonds. The first-order chi connectivity index (χ1) is 9.91. The molecule has 1 saturated carbocycles. The van der Waals surface area contributed by atoms with E-state index in [0.717, 1.165) is 0 Å². The van der Waals surface area contributed by atoms with Gasteiger partial charge < -0.3 is 10.0 Å². The molecular weight excluding hydrogens is 273 g/mol. The van der Waals surface area contributed by atoms with Crippen molar-refractivity contribution in [2.45, 2.75) is 32.2 Å².